The van der Waals surface area contributed by atoms with E-state index in [0.29, 0.717) is 13.0 Å². The van der Waals surface area contributed by atoms with Crippen LogP contribution in [0.2, 0.25) is 0 Å². The number of rotatable bonds is 2. The van der Waals surface area contributed by atoms with Crippen molar-refractivity contribution >= 4 is 5.97 Å². The second kappa shape index (κ2) is 5.15. The van der Waals surface area contributed by atoms with Crippen LogP contribution < -0.4 is 5.32 Å². The first-order valence-corrected chi connectivity index (χ1v) is 6.27. The van der Waals surface area contributed by atoms with Gasteiger partial charge in [0.05, 0.1) is 6.10 Å². The standard InChI is InChI=1S/C12H21NO3/c1-8-2-4-10(5-3-8)16-12(15)11-6-9(14)7-13-11/h8-11,13-14H,2-7H2,1H3/t8?,9?,10?,11-/m0/s1. The topological polar surface area (TPSA) is 58.6 Å². The predicted molar refractivity (Wildman–Crippen MR) is 59.9 cm³/mol. The first-order chi connectivity index (χ1) is 7.65. The summed E-state index contributed by atoms with van der Waals surface area (Å²) in [5, 5.41) is 12.3. The lowest BCUT2D eigenvalue weighted by molar-refractivity contribution is -0.153. The molecule has 16 heavy (non-hydrogen) atoms. The molecular formula is C12H21NO3. The highest BCUT2D eigenvalue weighted by Gasteiger charge is 2.31. The second-order valence-electron chi connectivity index (χ2n) is 5.17. The summed E-state index contributed by atoms with van der Waals surface area (Å²) < 4.78 is 5.46. The maximum atomic E-state index is 11.7. The first-order valence-electron chi connectivity index (χ1n) is 6.27. The summed E-state index contributed by atoms with van der Waals surface area (Å²) in [7, 11) is 0. The Bertz CT molecular complexity index is 249. The molecule has 0 amide bonds. The third kappa shape index (κ3) is 2.95. The van der Waals surface area contributed by atoms with Crippen LogP contribution >= 0.6 is 0 Å². The highest BCUT2D eigenvalue weighted by atomic mass is 16.5. The van der Waals surface area contributed by atoms with E-state index in [1.807, 2.05) is 0 Å². The van der Waals surface area contributed by atoms with Crippen LogP contribution in [-0.4, -0.2) is 35.9 Å². The Labute approximate surface area is 96.4 Å². The van der Waals surface area contributed by atoms with E-state index in [1.165, 1.54) is 0 Å². The average molecular weight is 227 g/mol. The summed E-state index contributed by atoms with van der Waals surface area (Å²) >= 11 is 0. The molecule has 1 heterocycles. The molecule has 0 spiro atoms. The highest BCUT2D eigenvalue weighted by molar-refractivity contribution is 5.76. The van der Waals surface area contributed by atoms with Gasteiger partial charge in [-0.05, 0) is 31.6 Å². The van der Waals surface area contributed by atoms with E-state index in [9.17, 15) is 9.90 Å². The van der Waals surface area contributed by atoms with Gasteiger partial charge in [-0.1, -0.05) is 6.92 Å². The molecule has 2 rings (SSSR count). The molecule has 1 aliphatic heterocycles. The Hall–Kier alpha value is -0.610. The van der Waals surface area contributed by atoms with E-state index in [0.717, 1.165) is 31.6 Å². The highest BCUT2D eigenvalue weighted by Crippen LogP contribution is 2.26. The van der Waals surface area contributed by atoms with Crippen molar-refractivity contribution in [2.24, 2.45) is 5.92 Å². The molecule has 4 nitrogen and oxygen atoms in total. The molecule has 2 atom stereocenters. The summed E-state index contributed by atoms with van der Waals surface area (Å²) in [6.07, 6.45) is 4.47. The molecule has 2 aliphatic rings. The quantitative estimate of drug-likeness (QED) is 0.686. The molecule has 4 heteroatoms. The number of esters is 1. The van der Waals surface area contributed by atoms with Crippen molar-refractivity contribution in [1.29, 1.82) is 0 Å². The van der Waals surface area contributed by atoms with Crippen molar-refractivity contribution in [2.45, 2.75) is 57.3 Å². The van der Waals surface area contributed by atoms with Crippen LogP contribution in [-0.2, 0) is 9.53 Å². The van der Waals surface area contributed by atoms with Crippen LogP contribution in [0.25, 0.3) is 0 Å². The predicted octanol–water partition coefficient (Wildman–Crippen LogP) is 0.831. The molecule has 92 valence electrons. The summed E-state index contributed by atoms with van der Waals surface area (Å²) in [5.74, 6) is 0.581. The molecule has 0 aromatic rings. The van der Waals surface area contributed by atoms with E-state index in [1.54, 1.807) is 0 Å². The molecule has 1 unspecified atom stereocenters. The fraction of sp³-hybridized carbons (Fsp3) is 0.917. The number of carbonyl (C=O) groups is 1. The van der Waals surface area contributed by atoms with Gasteiger partial charge in [-0.2, -0.15) is 0 Å². The third-order valence-electron chi connectivity index (χ3n) is 3.64. The lowest BCUT2D eigenvalue weighted by atomic mass is 9.89. The zero-order valence-electron chi connectivity index (χ0n) is 9.82. The molecule has 1 saturated heterocycles. The molecule has 2 fully saturated rings. The van der Waals surface area contributed by atoms with Crippen LogP contribution in [0.4, 0.5) is 0 Å². The number of aliphatic hydroxyl groups excluding tert-OH is 1. The lowest BCUT2D eigenvalue weighted by Gasteiger charge is -2.26. The Kier molecular flexibility index (Phi) is 3.82. The van der Waals surface area contributed by atoms with Crippen molar-refractivity contribution in [2.75, 3.05) is 6.54 Å². The van der Waals surface area contributed by atoms with Crippen LogP contribution in [0.15, 0.2) is 0 Å². The minimum Gasteiger partial charge on any atom is -0.461 e. The van der Waals surface area contributed by atoms with Crippen molar-refractivity contribution in [3.63, 3.8) is 0 Å². The Balaban J connectivity index is 1.75. The summed E-state index contributed by atoms with van der Waals surface area (Å²) in [5.41, 5.74) is 0. The largest absolute Gasteiger partial charge is 0.461 e. The lowest BCUT2D eigenvalue weighted by Crippen LogP contribution is -2.36. The van der Waals surface area contributed by atoms with Crippen molar-refractivity contribution in [3.05, 3.63) is 0 Å². The van der Waals surface area contributed by atoms with Crippen LogP contribution in [0, 0.1) is 5.92 Å². The van der Waals surface area contributed by atoms with Gasteiger partial charge in [-0.15, -0.1) is 0 Å². The molecule has 0 aromatic carbocycles. The van der Waals surface area contributed by atoms with Crippen molar-refractivity contribution in [1.82, 2.24) is 5.32 Å². The van der Waals surface area contributed by atoms with Crippen LogP contribution in [0.3, 0.4) is 0 Å². The molecule has 0 radical (unpaired) electrons. The van der Waals surface area contributed by atoms with Gasteiger partial charge < -0.3 is 15.2 Å². The van der Waals surface area contributed by atoms with Crippen LogP contribution in [0.1, 0.15) is 39.0 Å². The minimum atomic E-state index is -0.399. The van der Waals surface area contributed by atoms with Crippen molar-refractivity contribution < 1.29 is 14.6 Å². The Morgan fingerprint density at radius 3 is 2.56 bits per heavy atom. The van der Waals surface area contributed by atoms with Crippen LogP contribution in [0.5, 0.6) is 0 Å². The molecule has 0 bridgehead atoms. The van der Waals surface area contributed by atoms with Gasteiger partial charge in [-0.3, -0.25) is 4.79 Å². The monoisotopic (exact) mass is 227 g/mol. The molecule has 1 saturated carbocycles. The van der Waals surface area contributed by atoms with E-state index < -0.39 is 6.10 Å². The van der Waals surface area contributed by atoms with E-state index in [4.69, 9.17) is 4.74 Å². The number of hydrogen-bond donors (Lipinski definition) is 2. The van der Waals surface area contributed by atoms with Gasteiger partial charge in [0, 0.05) is 13.0 Å². The number of ether oxygens (including phenoxy) is 1. The third-order valence-corrected chi connectivity index (χ3v) is 3.64. The number of hydrogen-bond acceptors (Lipinski definition) is 4. The molecule has 1 aliphatic carbocycles. The normalized spacial score (nSPS) is 39.6. The molecular weight excluding hydrogens is 206 g/mol. The first kappa shape index (κ1) is 11.9. The van der Waals surface area contributed by atoms with Gasteiger partial charge in [0.15, 0.2) is 0 Å². The van der Waals surface area contributed by atoms with Gasteiger partial charge in [0.25, 0.3) is 0 Å². The molecule has 0 aromatic heterocycles. The van der Waals surface area contributed by atoms with E-state index in [2.05, 4.69) is 12.2 Å². The van der Waals surface area contributed by atoms with Gasteiger partial charge in [0.2, 0.25) is 0 Å². The average Bonchev–Trinajstić information content (AvgIpc) is 2.68. The van der Waals surface area contributed by atoms with E-state index in [-0.39, 0.29) is 18.1 Å². The number of carbonyl (C=O) groups excluding carboxylic acids is 1. The maximum Gasteiger partial charge on any atom is 0.323 e. The number of aliphatic hydroxyl groups is 1. The SMILES string of the molecule is CC1CCC(OC(=O)[C@@H]2CC(O)CN2)CC1. The minimum absolute atomic E-state index is 0.100. The fourth-order valence-electron chi connectivity index (χ4n) is 2.49. The Morgan fingerprint density at radius 2 is 2.00 bits per heavy atom. The second-order valence-corrected chi connectivity index (χ2v) is 5.17. The maximum absolute atomic E-state index is 11.7. The fourth-order valence-corrected chi connectivity index (χ4v) is 2.49. The zero-order valence-corrected chi connectivity index (χ0v) is 9.82. The molecule has 2 N–H and O–H groups in total. The summed E-state index contributed by atoms with van der Waals surface area (Å²) in [6.45, 7) is 2.74. The van der Waals surface area contributed by atoms with Gasteiger partial charge >= 0.3 is 5.97 Å². The zero-order chi connectivity index (χ0) is 11.5. The van der Waals surface area contributed by atoms with Gasteiger partial charge in [0.1, 0.15) is 12.1 Å². The van der Waals surface area contributed by atoms with E-state index >= 15 is 0 Å². The number of β-amino-alcohol motifs (C(OH)–C–C–N with tert-alkyl or cyclic N) is 1. The summed E-state index contributed by atoms with van der Waals surface area (Å²) in [4.78, 5) is 11.7. The number of nitrogens with one attached hydrogen (secondary N) is 1. The van der Waals surface area contributed by atoms with Gasteiger partial charge in [-0.25, -0.2) is 0 Å². The smallest absolute Gasteiger partial charge is 0.323 e. The summed E-state index contributed by atoms with van der Waals surface area (Å²) in [6, 6.07) is -0.297. The van der Waals surface area contributed by atoms with Crippen molar-refractivity contribution in [3.8, 4) is 0 Å². The Morgan fingerprint density at radius 1 is 1.31 bits per heavy atom.